The van der Waals surface area contributed by atoms with Crippen LogP contribution in [0.4, 0.5) is 0 Å². The molecule has 0 fully saturated rings. The number of hydrogen-bond acceptors (Lipinski definition) is 1. The van der Waals surface area contributed by atoms with Gasteiger partial charge in [-0.2, -0.15) is 0 Å². The highest BCUT2D eigenvalue weighted by molar-refractivity contribution is 6.17. The quantitative estimate of drug-likeness (QED) is 0.310. The van der Waals surface area contributed by atoms with Crippen molar-refractivity contribution in [2.24, 2.45) is 4.99 Å². The fourth-order valence-electron chi connectivity index (χ4n) is 5.59. The van der Waals surface area contributed by atoms with Crippen LogP contribution in [0.5, 0.6) is 0 Å². The van der Waals surface area contributed by atoms with E-state index in [0.29, 0.717) is 0 Å². The second-order valence-corrected chi connectivity index (χ2v) is 8.50. The smallest absolute Gasteiger partial charge is 0.0686 e. The molecule has 0 radical (unpaired) electrons. The molecule has 0 N–H and O–H groups in total. The second-order valence-electron chi connectivity index (χ2n) is 8.50. The van der Waals surface area contributed by atoms with E-state index in [1.165, 1.54) is 44.5 Å². The van der Waals surface area contributed by atoms with Crippen LogP contribution in [0, 0.1) is 0 Å². The molecule has 6 rings (SSSR count). The van der Waals surface area contributed by atoms with Gasteiger partial charge in [0, 0.05) is 11.8 Å². The highest BCUT2D eigenvalue weighted by atomic mass is 14.7. The zero-order chi connectivity index (χ0) is 21.7. The fourth-order valence-corrected chi connectivity index (χ4v) is 5.59. The van der Waals surface area contributed by atoms with Crippen LogP contribution >= 0.6 is 0 Å². The van der Waals surface area contributed by atoms with Crippen molar-refractivity contribution in [3.63, 3.8) is 0 Å². The lowest BCUT2D eigenvalue weighted by atomic mass is 9.70. The number of benzene rings is 4. The summed E-state index contributed by atoms with van der Waals surface area (Å²) < 4.78 is 0. The van der Waals surface area contributed by atoms with Gasteiger partial charge in [0.1, 0.15) is 0 Å². The van der Waals surface area contributed by atoms with E-state index >= 15 is 0 Å². The van der Waals surface area contributed by atoms with Crippen molar-refractivity contribution in [3.8, 4) is 11.1 Å². The van der Waals surface area contributed by atoms with Crippen LogP contribution in [0.1, 0.15) is 34.7 Å². The van der Waals surface area contributed by atoms with E-state index in [0.717, 1.165) is 11.3 Å². The van der Waals surface area contributed by atoms with Gasteiger partial charge in [-0.1, -0.05) is 110 Å². The highest BCUT2D eigenvalue weighted by Crippen LogP contribution is 2.61. The molecule has 4 aromatic rings. The molecule has 0 atom stereocenters. The lowest BCUT2D eigenvalue weighted by Crippen LogP contribution is -2.26. The Morgan fingerprint density at radius 1 is 0.656 bits per heavy atom. The van der Waals surface area contributed by atoms with E-state index < -0.39 is 0 Å². The molecule has 152 valence electrons. The Hall–Kier alpha value is -3.97. The number of nitrogens with zero attached hydrogens (tertiary/aromatic N) is 1. The summed E-state index contributed by atoms with van der Waals surface area (Å²) in [6, 6.07) is 36.6. The molecular formula is C31H23N. The van der Waals surface area contributed by atoms with E-state index in [1.54, 1.807) is 0 Å². The van der Waals surface area contributed by atoms with Gasteiger partial charge in [-0.3, -0.25) is 4.99 Å². The Balaban J connectivity index is 1.60. The maximum Gasteiger partial charge on any atom is 0.0686 e. The molecule has 0 saturated heterocycles. The Morgan fingerprint density at radius 2 is 1.12 bits per heavy atom. The molecule has 0 amide bonds. The molecule has 1 spiro atoms. The molecule has 1 nitrogen and oxygen atoms in total. The van der Waals surface area contributed by atoms with Crippen LogP contribution in [0.2, 0.25) is 0 Å². The maximum atomic E-state index is 4.81. The minimum atomic E-state index is -0.279. The second kappa shape index (κ2) is 7.03. The number of hydrogen-bond donors (Lipinski definition) is 0. The van der Waals surface area contributed by atoms with Gasteiger partial charge in [0.15, 0.2) is 0 Å². The van der Waals surface area contributed by atoms with Crippen LogP contribution in [0.3, 0.4) is 0 Å². The van der Waals surface area contributed by atoms with Gasteiger partial charge in [0.25, 0.3) is 0 Å². The molecule has 4 aromatic carbocycles. The van der Waals surface area contributed by atoms with Gasteiger partial charge >= 0.3 is 0 Å². The Bertz CT molecular complexity index is 1390. The lowest BCUT2D eigenvalue weighted by Gasteiger charge is -2.31. The number of fused-ring (bicyclic) bond motifs is 7. The molecule has 0 unspecified atom stereocenters. The number of rotatable bonds is 3. The van der Waals surface area contributed by atoms with Gasteiger partial charge < -0.3 is 0 Å². The third-order valence-corrected chi connectivity index (χ3v) is 7.00. The summed E-state index contributed by atoms with van der Waals surface area (Å²) in [7, 11) is 0. The first-order chi connectivity index (χ1) is 15.7. The van der Waals surface area contributed by atoms with Crippen molar-refractivity contribution in [1.29, 1.82) is 0 Å². The molecule has 0 saturated carbocycles. The predicted molar refractivity (Wildman–Crippen MR) is 135 cm³/mol. The largest absolute Gasteiger partial charge is 0.256 e. The molecule has 2 aliphatic rings. The highest BCUT2D eigenvalue weighted by Gasteiger charge is 2.50. The normalized spacial score (nSPS) is 15.2. The first kappa shape index (κ1) is 18.8. The van der Waals surface area contributed by atoms with Crippen molar-refractivity contribution in [2.45, 2.75) is 12.3 Å². The SMILES string of the molecule is C=C(N=CC1=C(C)C2(c3ccccc31)c1ccccc1-c1ccccc12)c1ccccc1. The number of allylic oxidation sites excluding steroid dienone is 2. The minimum absolute atomic E-state index is 0.279. The van der Waals surface area contributed by atoms with Gasteiger partial charge in [-0.25, -0.2) is 0 Å². The van der Waals surface area contributed by atoms with Gasteiger partial charge in [-0.15, -0.1) is 0 Å². The van der Waals surface area contributed by atoms with Crippen molar-refractivity contribution in [2.75, 3.05) is 0 Å². The summed E-state index contributed by atoms with van der Waals surface area (Å²) in [5.74, 6) is 0. The minimum Gasteiger partial charge on any atom is -0.256 e. The lowest BCUT2D eigenvalue weighted by molar-refractivity contribution is 0.767. The topological polar surface area (TPSA) is 12.4 Å². The molecule has 0 aromatic heterocycles. The van der Waals surface area contributed by atoms with E-state index in [1.807, 2.05) is 24.4 Å². The van der Waals surface area contributed by atoms with E-state index in [-0.39, 0.29) is 5.41 Å². The molecule has 0 heterocycles. The Labute approximate surface area is 189 Å². The maximum absolute atomic E-state index is 4.81. The van der Waals surface area contributed by atoms with Gasteiger partial charge in [-0.05, 0) is 51.4 Å². The van der Waals surface area contributed by atoms with Crippen molar-refractivity contribution < 1.29 is 0 Å². The van der Waals surface area contributed by atoms with Crippen LogP contribution in [0.25, 0.3) is 22.4 Å². The van der Waals surface area contributed by atoms with Crippen LogP contribution in [-0.2, 0) is 5.41 Å². The molecular weight excluding hydrogens is 386 g/mol. The molecule has 2 aliphatic carbocycles. The van der Waals surface area contributed by atoms with Crippen molar-refractivity contribution in [1.82, 2.24) is 0 Å². The Morgan fingerprint density at radius 3 is 1.72 bits per heavy atom. The summed E-state index contributed by atoms with van der Waals surface area (Å²) in [6.07, 6.45) is 2.02. The number of aliphatic imine (C=N–C) groups is 1. The standard InChI is InChI=1S/C31H23N/c1-21-27(20-32-22(2)23-12-4-3-5-13-23)26-16-8-11-19-30(26)31(21)28-17-9-6-14-24(28)25-15-7-10-18-29(25)31/h3-20H,2H2,1H3. The summed E-state index contributed by atoms with van der Waals surface area (Å²) in [4.78, 5) is 4.81. The van der Waals surface area contributed by atoms with Gasteiger partial charge in [0.2, 0.25) is 0 Å². The van der Waals surface area contributed by atoms with Crippen LogP contribution < -0.4 is 0 Å². The first-order valence-electron chi connectivity index (χ1n) is 11.0. The summed E-state index contributed by atoms with van der Waals surface area (Å²) in [5.41, 5.74) is 12.0. The third-order valence-electron chi connectivity index (χ3n) is 7.00. The Kier molecular flexibility index (Phi) is 4.13. The van der Waals surface area contributed by atoms with Crippen LogP contribution in [0.15, 0.2) is 120 Å². The average molecular weight is 410 g/mol. The third kappa shape index (κ3) is 2.42. The zero-order valence-electron chi connectivity index (χ0n) is 18.0. The molecule has 32 heavy (non-hydrogen) atoms. The van der Waals surface area contributed by atoms with Gasteiger partial charge in [0.05, 0.1) is 11.1 Å². The average Bonchev–Trinajstić information content (AvgIpc) is 3.29. The zero-order valence-corrected chi connectivity index (χ0v) is 18.0. The summed E-state index contributed by atoms with van der Waals surface area (Å²) in [5, 5.41) is 0. The molecule has 0 aliphatic heterocycles. The van der Waals surface area contributed by atoms with Crippen molar-refractivity contribution in [3.05, 3.63) is 143 Å². The molecule has 1 heteroatoms. The first-order valence-corrected chi connectivity index (χ1v) is 11.0. The van der Waals surface area contributed by atoms with E-state index in [4.69, 9.17) is 4.99 Å². The molecule has 0 bridgehead atoms. The fraction of sp³-hybridized carbons (Fsp3) is 0.0645. The van der Waals surface area contributed by atoms with Crippen molar-refractivity contribution >= 4 is 17.5 Å². The predicted octanol–water partition coefficient (Wildman–Crippen LogP) is 7.53. The van der Waals surface area contributed by atoms with Crippen LogP contribution in [-0.4, -0.2) is 6.21 Å². The monoisotopic (exact) mass is 409 g/mol. The van der Waals surface area contributed by atoms with E-state index in [2.05, 4.69) is 98.4 Å². The summed E-state index contributed by atoms with van der Waals surface area (Å²) in [6.45, 7) is 6.48. The van der Waals surface area contributed by atoms with E-state index in [9.17, 15) is 0 Å². The summed E-state index contributed by atoms with van der Waals surface area (Å²) >= 11 is 0.